The zero-order valence-corrected chi connectivity index (χ0v) is 18.3. The number of benzene rings is 1. The number of pyridine rings is 1. The predicted molar refractivity (Wildman–Crippen MR) is 118 cm³/mol. The SMILES string of the molecule is Cc1ccc(NC(=O)c2ccc(N3CCC(NC(=O)OC(C)(C)C)C3)nc2)cc1C. The van der Waals surface area contributed by atoms with Crippen LogP contribution in [0.4, 0.5) is 16.3 Å². The van der Waals surface area contributed by atoms with Gasteiger partial charge in [0.15, 0.2) is 0 Å². The highest BCUT2D eigenvalue weighted by atomic mass is 16.6. The van der Waals surface area contributed by atoms with E-state index in [1.807, 2.05) is 58.9 Å². The summed E-state index contributed by atoms with van der Waals surface area (Å²) in [6.45, 7) is 11.0. The number of alkyl carbamates (subject to hydrolysis) is 1. The molecule has 2 aromatic rings. The number of nitrogens with one attached hydrogen (secondary N) is 2. The number of ether oxygens (including phenoxy) is 1. The van der Waals surface area contributed by atoms with E-state index in [-0.39, 0.29) is 11.9 Å². The zero-order valence-electron chi connectivity index (χ0n) is 18.3. The first-order valence-electron chi connectivity index (χ1n) is 10.2. The summed E-state index contributed by atoms with van der Waals surface area (Å²) < 4.78 is 5.32. The molecule has 30 heavy (non-hydrogen) atoms. The Bertz CT molecular complexity index is 919. The van der Waals surface area contributed by atoms with Crippen molar-refractivity contribution < 1.29 is 14.3 Å². The molecular weight excluding hydrogens is 380 g/mol. The molecule has 1 aliphatic rings. The van der Waals surface area contributed by atoms with E-state index in [1.54, 1.807) is 12.3 Å². The van der Waals surface area contributed by atoms with Crippen LogP contribution in [-0.4, -0.2) is 41.7 Å². The summed E-state index contributed by atoms with van der Waals surface area (Å²) in [5, 5.41) is 5.81. The van der Waals surface area contributed by atoms with Crippen molar-refractivity contribution >= 4 is 23.5 Å². The molecule has 1 saturated heterocycles. The van der Waals surface area contributed by atoms with Crippen LogP contribution in [0, 0.1) is 13.8 Å². The second-order valence-electron chi connectivity index (χ2n) is 8.74. The fourth-order valence-corrected chi connectivity index (χ4v) is 3.29. The molecule has 1 atom stereocenters. The van der Waals surface area contributed by atoms with Crippen molar-refractivity contribution in [2.24, 2.45) is 0 Å². The van der Waals surface area contributed by atoms with Crippen LogP contribution in [0.3, 0.4) is 0 Å². The first-order valence-corrected chi connectivity index (χ1v) is 10.2. The van der Waals surface area contributed by atoms with E-state index in [0.29, 0.717) is 12.1 Å². The van der Waals surface area contributed by atoms with Crippen molar-refractivity contribution in [2.45, 2.75) is 52.7 Å². The van der Waals surface area contributed by atoms with Gasteiger partial charge in [-0.3, -0.25) is 4.79 Å². The maximum atomic E-state index is 12.5. The fourth-order valence-electron chi connectivity index (χ4n) is 3.29. The standard InChI is InChI=1S/C23H30N4O3/c1-15-6-8-18(12-16(15)2)25-21(28)17-7-9-20(24-13-17)27-11-10-19(14-27)26-22(29)30-23(3,4)5/h6-9,12-13,19H,10-11,14H2,1-5H3,(H,25,28)(H,26,29). The molecule has 7 nitrogen and oxygen atoms in total. The number of nitrogens with zero attached hydrogens (tertiary/aromatic N) is 2. The van der Waals surface area contributed by atoms with E-state index in [9.17, 15) is 9.59 Å². The van der Waals surface area contributed by atoms with Crippen LogP contribution in [0.5, 0.6) is 0 Å². The summed E-state index contributed by atoms with van der Waals surface area (Å²) >= 11 is 0. The van der Waals surface area contributed by atoms with Gasteiger partial charge in [0.2, 0.25) is 0 Å². The Labute approximate surface area is 177 Å². The Hall–Kier alpha value is -3.09. The molecule has 1 fully saturated rings. The summed E-state index contributed by atoms with van der Waals surface area (Å²) in [5.41, 5.74) is 3.06. The van der Waals surface area contributed by atoms with Gasteiger partial charge in [-0.1, -0.05) is 6.07 Å². The third-order valence-corrected chi connectivity index (χ3v) is 5.01. The number of hydrogen-bond donors (Lipinski definition) is 2. The highest BCUT2D eigenvalue weighted by Crippen LogP contribution is 2.20. The molecule has 3 rings (SSSR count). The molecule has 160 valence electrons. The molecule has 1 aromatic heterocycles. The number of amides is 2. The van der Waals surface area contributed by atoms with Gasteiger partial charge in [0.05, 0.1) is 11.6 Å². The molecule has 2 N–H and O–H groups in total. The van der Waals surface area contributed by atoms with E-state index >= 15 is 0 Å². The molecule has 2 heterocycles. The van der Waals surface area contributed by atoms with Crippen molar-refractivity contribution in [3.63, 3.8) is 0 Å². The molecule has 1 unspecified atom stereocenters. The summed E-state index contributed by atoms with van der Waals surface area (Å²) in [7, 11) is 0. The largest absolute Gasteiger partial charge is 0.444 e. The Morgan fingerprint density at radius 2 is 1.90 bits per heavy atom. The normalized spacial score (nSPS) is 16.3. The van der Waals surface area contributed by atoms with Crippen molar-refractivity contribution in [3.05, 3.63) is 53.2 Å². The molecule has 7 heteroatoms. The Kier molecular flexibility index (Phi) is 6.29. The van der Waals surface area contributed by atoms with E-state index in [0.717, 1.165) is 30.0 Å². The topological polar surface area (TPSA) is 83.6 Å². The van der Waals surface area contributed by atoms with Crippen LogP contribution in [0.2, 0.25) is 0 Å². The minimum absolute atomic E-state index is 0.00871. The van der Waals surface area contributed by atoms with Crippen LogP contribution in [0.25, 0.3) is 0 Å². The monoisotopic (exact) mass is 410 g/mol. The maximum absolute atomic E-state index is 12.5. The lowest BCUT2D eigenvalue weighted by molar-refractivity contribution is 0.0509. The molecular formula is C23H30N4O3. The van der Waals surface area contributed by atoms with E-state index in [2.05, 4.69) is 20.5 Å². The second kappa shape index (κ2) is 8.73. The number of carbonyl (C=O) groups excluding carboxylic acids is 2. The number of carbonyl (C=O) groups is 2. The molecule has 0 aliphatic carbocycles. The molecule has 0 saturated carbocycles. The Morgan fingerprint density at radius 3 is 2.53 bits per heavy atom. The zero-order chi connectivity index (χ0) is 21.9. The van der Waals surface area contributed by atoms with Gasteiger partial charge in [-0.25, -0.2) is 9.78 Å². The van der Waals surface area contributed by atoms with Gasteiger partial charge in [-0.15, -0.1) is 0 Å². The number of aryl methyl sites for hydroxylation is 2. The van der Waals surface area contributed by atoms with Gasteiger partial charge in [-0.2, -0.15) is 0 Å². The number of aromatic nitrogens is 1. The molecule has 1 aliphatic heterocycles. The Balaban J connectivity index is 1.56. The molecule has 2 amide bonds. The summed E-state index contributed by atoms with van der Waals surface area (Å²) in [5.74, 6) is 0.592. The highest BCUT2D eigenvalue weighted by Gasteiger charge is 2.27. The minimum atomic E-state index is -0.516. The Morgan fingerprint density at radius 1 is 1.13 bits per heavy atom. The number of anilines is 2. The summed E-state index contributed by atoms with van der Waals surface area (Å²) in [6.07, 6.45) is 2.00. The van der Waals surface area contributed by atoms with Crippen LogP contribution in [0.1, 0.15) is 48.7 Å². The number of rotatable bonds is 4. The van der Waals surface area contributed by atoms with Crippen LogP contribution < -0.4 is 15.5 Å². The lowest BCUT2D eigenvalue weighted by atomic mass is 10.1. The average molecular weight is 411 g/mol. The maximum Gasteiger partial charge on any atom is 0.407 e. The average Bonchev–Trinajstić information content (AvgIpc) is 3.11. The van der Waals surface area contributed by atoms with Crippen molar-refractivity contribution in [1.82, 2.24) is 10.3 Å². The summed E-state index contributed by atoms with van der Waals surface area (Å²) in [6, 6.07) is 9.45. The van der Waals surface area contributed by atoms with Gasteiger partial charge in [0.1, 0.15) is 11.4 Å². The predicted octanol–water partition coefficient (Wildman–Crippen LogP) is 4.05. The first-order chi connectivity index (χ1) is 14.1. The van der Waals surface area contributed by atoms with Crippen molar-refractivity contribution in [3.8, 4) is 0 Å². The quantitative estimate of drug-likeness (QED) is 0.794. The third-order valence-electron chi connectivity index (χ3n) is 5.01. The second-order valence-corrected chi connectivity index (χ2v) is 8.74. The van der Waals surface area contributed by atoms with Crippen LogP contribution >= 0.6 is 0 Å². The van der Waals surface area contributed by atoms with Crippen LogP contribution in [0.15, 0.2) is 36.5 Å². The number of hydrogen-bond acceptors (Lipinski definition) is 5. The lowest BCUT2D eigenvalue weighted by Crippen LogP contribution is -2.40. The lowest BCUT2D eigenvalue weighted by Gasteiger charge is -2.22. The van der Waals surface area contributed by atoms with Crippen molar-refractivity contribution in [2.75, 3.05) is 23.3 Å². The molecule has 0 spiro atoms. The molecule has 0 radical (unpaired) electrons. The first kappa shape index (κ1) is 21.6. The smallest absolute Gasteiger partial charge is 0.407 e. The van der Waals surface area contributed by atoms with Crippen LogP contribution in [-0.2, 0) is 4.74 Å². The van der Waals surface area contributed by atoms with E-state index < -0.39 is 11.7 Å². The van der Waals surface area contributed by atoms with Gasteiger partial charge in [-0.05, 0) is 76.4 Å². The van der Waals surface area contributed by atoms with E-state index in [1.165, 1.54) is 5.56 Å². The molecule has 1 aromatic carbocycles. The summed E-state index contributed by atoms with van der Waals surface area (Å²) in [4.78, 5) is 31.0. The minimum Gasteiger partial charge on any atom is -0.444 e. The van der Waals surface area contributed by atoms with Gasteiger partial charge in [0, 0.05) is 25.0 Å². The van der Waals surface area contributed by atoms with Gasteiger partial charge >= 0.3 is 6.09 Å². The van der Waals surface area contributed by atoms with Gasteiger partial charge in [0.25, 0.3) is 5.91 Å². The van der Waals surface area contributed by atoms with Crippen molar-refractivity contribution in [1.29, 1.82) is 0 Å². The molecule has 0 bridgehead atoms. The fraction of sp³-hybridized carbons (Fsp3) is 0.435. The third kappa shape index (κ3) is 5.72. The van der Waals surface area contributed by atoms with Gasteiger partial charge < -0.3 is 20.3 Å². The highest BCUT2D eigenvalue weighted by molar-refractivity contribution is 6.04. The van der Waals surface area contributed by atoms with E-state index in [4.69, 9.17) is 4.74 Å².